The molecule has 5 rings (SSSR count). The maximum Gasteiger partial charge on any atom is 0.258 e. The molecule has 0 unspecified atom stereocenters. The van der Waals surface area contributed by atoms with Gasteiger partial charge in [0.2, 0.25) is 5.95 Å². The van der Waals surface area contributed by atoms with E-state index in [0.717, 1.165) is 74.4 Å². The topological polar surface area (TPSA) is 81.3 Å². The summed E-state index contributed by atoms with van der Waals surface area (Å²) in [5.41, 5.74) is 4.18. The quantitative estimate of drug-likeness (QED) is 0.716. The van der Waals surface area contributed by atoms with E-state index in [2.05, 4.69) is 58.2 Å². The molecule has 1 aromatic heterocycles. The Kier molecular flexibility index (Phi) is 5.96. The molecule has 1 atom stereocenters. The van der Waals surface area contributed by atoms with Crippen molar-refractivity contribution in [3.05, 3.63) is 57.0 Å². The van der Waals surface area contributed by atoms with Gasteiger partial charge in [-0.3, -0.25) is 14.6 Å². The number of anilines is 3. The Morgan fingerprint density at radius 1 is 1.00 bits per heavy atom. The minimum Gasteiger partial charge on any atom is -0.372 e. The first kappa shape index (κ1) is 21.7. The Balaban J connectivity index is 1.61. The summed E-state index contributed by atoms with van der Waals surface area (Å²) in [6, 6.07) is 8.33. The molecule has 33 heavy (non-hydrogen) atoms. The standard InChI is InChI=1S/C26H33N5O2/c1-3-30(4-2)18-13-11-17(12-14-18)21-22-19(9-8-10-20(22)32)27-24-23(21)25(33)29-26(28-24)31-15-6-5-7-16-31/h11-14,21H,3-10,15-16H2,1-2H3,(H2,27,28,29,33)/t21-/m1/s1. The number of allylic oxidation sites excluding steroid dienone is 2. The molecule has 2 N–H and O–H groups in total. The second-order valence-corrected chi connectivity index (χ2v) is 9.19. The second kappa shape index (κ2) is 9.04. The number of piperidine rings is 1. The van der Waals surface area contributed by atoms with E-state index in [1.165, 1.54) is 6.42 Å². The van der Waals surface area contributed by atoms with Crippen LogP contribution in [0.25, 0.3) is 0 Å². The van der Waals surface area contributed by atoms with Crippen LogP contribution in [0.4, 0.5) is 17.5 Å². The smallest absolute Gasteiger partial charge is 0.258 e. The van der Waals surface area contributed by atoms with Gasteiger partial charge in [-0.2, -0.15) is 4.98 Å². The highest BCUT2D eigenvalue weighted by Gasteiger charge is 2.38. The van der Waals surface area contributed by atoms with Crippen molar-refractivity contribution in [2.75, 3.05) is 41.3 Å². The lowest BCUT2D eigenvalue weighted by Crippen LogP contribution is -2.36. The van der Waals surface area contributed by atoms with Gasteiger partial charge in [0.25, 0.3) is 5.56 Å². The Bertz CT molecular complexity index is 1120. The highest BCUT2D eigenvalue weighted by molar-refractivity contribution is 6.00. The van der Waals surface area contributed by atoms with Crippen molar-refractivity contribution in [2.45, 2.75) is 58.3 Å². The third-order valence-electron chi connectivity index (χ3n) is 7.26. The summed E-state index contributed by atoms with van der Waals surface area (Å²) in [7, 11) is 0. The number of ketones is 1. The van der Waals surface area contributed by atoms with E-state index in [0.29, 0.717) is 23.8 Å². The highest BCUT2D eigenvalue weighted by atomic mass is 16.1. The Morgan fingerprint density at radius 2 is 1.73 bits per heavy atom. The largest absolute Gasteiger partial charge is 0.372 e. The van der Waals surface area contributed by atoms with Crippen molar-refractivity contribution in [1.82, 2.24) is 9.97 Å². The van der Waals surface area contributed by atoms with E-state index in [-0.39, 0.29) is 17.3 Å². The predicted molar refractivity (Wildman–Crippen MR) is 132 cm³/mol. The van der Waals surface area contributed by atoms with E-state index in [1.54, 1.807) is 0 Å². The lowest BCUT2D eigenvalue weighted by molar-refractivity contribution is -0.116. The zero-order valence-corrected chi connectivity index (χ0v) is 19.6. The Morgan fingerprint density at radius 3 is 2.42 bits per heavy atom. The van der Waals surface area contributed by atoms with Crippen molar-refractivity contribution in [1.29, 1.82) is 0 Å². The monoisotopic (exact) mass is 447 g/mol. The SMILES string of the molecule is CCN(CC)c1ccc([C@@H]2C3=C(CCCC3=O)Nc3nc(N4CCCCC4)[nH]c(=O)c32)cc1. The zero-order chi connectivity index (χ0) is 22.9. The Hall–Kier alpha value is -3.09. The summed E-state index contributed by atoms with van der Waals surface area (Å²) in [4.78, 5) is 38.9. The number of H-pyrrole nitrogens is 1. The van der Waals surface area contributed by atoms with Gasteiger partial charge in [-0.25, -0.2) is 0 Å². The molecular weight excluding hydrogens is 414 g/mol. The molecule has 2 aromatic rings. The molecule has 0 radical (unpaired) electrons. The van der Waals surface area contributed by atoms with Crippen molar-refractivity contribution < 1.29 is 4.79 Å². The van der Waals surface area contributed by atoms with E-state index in [1.807, 2.05) is 0 Å². The van der Waals surface area contributed by atoms with Crippen LogP contribution in [-0.4, -0.2) is 41.9 Å². The van der Waals surface area contributed by atoms with Gasteiger partial charge in [-0.1, -0.05) is 12.1 Å². The van der Waals surface area contributed by atoms with Crippen molar-refractivity contribution in [3.8, 4) is 0 Å². The maximum atomic E-state index is 13.5. The number of carbonyl (C=O) groups excluding carboxylic acids is 1. The van der Waals surface area contributed by atoms with Crippen LogP contribution in [0, 0.1) is 0 Å². The molecular formula is C26H33N5O2. The van der Waals surface area contributed by atoms with Gasteiger partial charge >= 0.3 is 0 Å². The maximum absolute atomic E-state index is 13.5. The lowest BCUT2D eigenvalue weighted by Gasteiger charge is -2.34. The van der Waals surface area contributed by atoms with E-state index in [4.69, 9.17) is 4.98 Å². The van der Waals surface area contributed by atoms with Gasteiger partial charge < -0.3 is 15.1 Å². The predicted octanol–water partition coefficient (Wildman–Crippen LogP) is 4.17. The number of fused-ring (bicyclic) bond motifs is 1. The van der Waals surface area contributed by atoms with Crippen molar-refractivity contribution >= 4 is 23.2 Å². The fourth-order valence-electron chi connectivity index (χ4n) is 5.50. The van der Waals surface area contributed by atoms with Gasteiger partial charge in [0.15, 0.2) is 5.78 Å². The fraction of sp³-hybridized carbons (Fsp3) is 0.500. The summed E-state index contributed by atoms with van der Waals surface area (Å²) in [6.07, 6.45) is 5.60. The van der Waals surface area contributed by atoms with Crippen LogP contribution in [0.5, 0.6) is 0 Å². The van der Waals surface area contributed by atoms with Gasteiger partial charge in [-0.15, -0.1) is 0 Å². The normalized spacial score (nSPS) is 20.2. The molecule has 1 aliphatic carbocycles. The summed E-state index contributed by atoms with van der Waals surface area (Å²) in [5.74, 6) is 0.978. The molecule has 2 aliphatic heterocycles. The number of aromatic amines is 1. The molecule has 7 nitrogen and oxygen atoms in total. The van der Waals surface area contributed by atoms with Crippen LogP contribution >= 0.6 is 0 Å². The van der Waals surface area contributed by atoms with E-state index < -0.39 is 0 Å². The van der Waals surface area contributed by atoms with Crippen LogP contribution in [0.3, 0.4) is 0 Å². The summed E-state index contributed by atoms with van der Waals surface area (Å²) < 4.78 is 0. The average molecular weight is 448 g/mol. The van der Waals surface area contributed by atoms with Crippen LogP contribution in [0.2, 0.25) is 0 Å². The number of aromatic nitrogens is 2. The number of Topliss-reactive ketones (excluding diaryl/α,β-unsaturated/α-hetero) is 1. The second-order valence-electron chi connectivity index (χ2n) is 9.19. The van der Waals surface area contributed by atoms with Crippen LogP contribution in [0.15, 0.2) is 40.3 Å². The minimum atomic E-state index is -0.388. The summed E-state index contributed by atoms with van der Waals surface area (Å²) in [5, 5.41) is 3.39. The molecule has 174 valence electrons. The number of hydrogen-bond donors (Lipinski definition) is 2. The van der Waals surface area contributed by atoms with Gasteiger partial charge in [0.1, 0.15) is 5.82 Å². The molecule has 0 saturated carbocycles. The average Bonchev–Trinajstić information content (AvgIpc) is 2.85. The number of benzene rings is 1. The molecule has 0 bridgehead atoms. The number of rotatable bonds is 5. The minimum absolute atomic E-state index is 0.131. The van der Waals surface area contributed by atoms with E-state index >= 15 is 0 Å². The Labute approximate surface area is 194 Å². The first-order valence-corrected chi connectivity index (χ1v) is 12.4. The number of hydrogen-bond acceptors (Lipinski definition) is 6. The first-order chi connectivity index (χ1) is 16.1. The van der Waals surface area contributed by atoms with Crippen molar-refractivity contribution in [2.24, 2.45) is 0 Å². The molecule has 0 amide bonds. The number of carbonyl (C=O) groups is 1. The highest BCUT2D eigenvalue weighted by Crippen LogP contribution is 2.43. The lowest BCUT2D eigenvalue weighted by atomic mass is 9.76. The first-order valence-electron chi connectivity index (χ1n) is 12.4. The molecule has 1 saturated heterocycles. The molecule has 0 spiro atoms. The molecule has 7 heteroatoms. The third kappa shape index (κ3) is 3.94. The van der Waals surface area contributed by atoms with Gasteiger partial charge in [0, 0.05) is 55.5 Å². The van der Waals surface area contributed by atoms with Gasteiger partial charge in [-0.05, 0) is 63.6 Å². The third-order valence-corrected chi connectivity index (χ3v) is 7.26. The summed E-state index contributed by atoms with van der Waals surface area (Å²) in [6.45, 7) is 7.97. The zero-order valence-electron chi connectivity index (χ0n) is 19.6. The molecule has 3 aliphatic rings. The van der Waals surface area contributed by atoms with E-state index in [9.17, 15) is 9.59 Å². The number of nitrogens with one attached hydrogen (secondary N) is 2. The summed E-state index contributed by atoms with van der Waals surface area (Å²) >= 11 is 0. The van der Waals surface area contributed by atoms with Crippen LogP contribution in [-0.2, 0) is 4.79 Å². The van der Waals surface area contributed by atoms with Crippen LogP contribution < -0.4 is 20.7 Å². The fourth-order valence-corrected chi connectivity index (χ4v) is 5.50. The molecule has 1 fully saturated rings. The van der Waals surface area contributed by atoms with Gasteiger partial charge in [0.05, 0.1) is 5.56 Å². The molecule has 1 aromatic carbocycles. The number of nitrogens with zero attached hydrogens (tertiary/aromatic N) is 3. The van der Waals surface area contributed by atoms with Crippen molar-refractivity contribution in [3.63, 3.8) is 0 Å². The van der Waals surface area contributed by atoms with Crippen LogP contribution in [0.1, 0.15) is 69.4 Å². The molecule has 3 heterocycles.